The summed E-state index contributed by atoms with van der Waals surface area (Å²) in [6.07, 6.45) is 4.22. The molecule has 108 valence electrons. The van der Waals surface area contributed by atoms with Gasteiger partial charge in [-0.2, -0.15) is 5.10 Å². The van der Waals surface area contributed by atoms with Crippen molar-refractivity contribution in [3.63, 3.8) is 0 Å². The highest BCUT2D eigenvalue weighted by Crippen LogP contribution is 2.18. The van der Waals surface area contributed by atoms with E-state index in [1.807, 2.05) is 25.1 Å². The molecule has 0 aliphatic rings. The Kier molecular flexibility index (Phi) is 5.13. The molecule has 0 saturated carbocycles. The summed E-state index contributed by atoms with van der Waals surface area (Å²) in [7, 11) is 0. The van der Waals surface area contributed by atoms with Crippen LogP contribution in [-0.2, 0) is 17.8 Å². The van der Waals surface area contributed by atoms with E-state index >= 15 is 0 Å². The van der Waals surface area contributed by atoms with Gasteiger partial charge in [0, 0.05) is 23.6 Å². The van der Waals surface area contributed by atoms with Gasteiger partial charge in [0.1, 0.15) is 6.54 Å². The second-order valence-electron chi connectivity index (χ2n) is 4.48. The summed E-state index contributed by atoms with van der Waals surface area (Å²) in [5, 5.41) is 6.92. The number of nitrogens with two attached hydrogens (primary N) is 1. The Hall–Kier alpha value is -2.58. The van der Waals surface area contributed by atoms with Crippen molar-refractivity contribution in [2.75, 3.05) is 11.9 Å². The van der Waals surface area contributed by atoms with Crippen LogP contribution in [0.1, 0.15) is 18.1 Å². The predicted molar refractivity (Wildman–Crippen MR) is 82.6 cm³/mol. The standard InChI is InChI=1S/C16H18N4O/c1-2-14-11-13(5-3-8-17)6-7-15(14)19-16(21)12-20-10-4-9-18-20/h4,6-7,9-11H,2,8,12,17H2,1H3,(H,19,21). The van der Waals surface area contributed by atoms with Crippen LogP contribution in [0.5, 0.6) is 0 Å². The fourth-order valence-corrected chi connectivity index (χ4v) is 1.97. The lowest BCUT2D eigenvalue weighted by Crippen LogP contribution is -2.19. The van der Waals surface area contributed by atoms with Crippen LogP contribution in [0, 0.1) is 11.8 Å². The van der Waals surface area contributed by atoms with E-state index < -0.39 is 0 Å². The summed E-state index contributed by atoms with van der Waals surface area (Å²) in [5.41, 5.74) is 8.13. The lowest BCUT2D eigenvalue weighted by Gasteiger charge is -2.10. The van der Waals surface area contributed by atoms with Crippen molar-refractivity contribution in [1.29, 1.82) is 0 Å². The van der Waals surface area contributed by atoms with Crippen LogP contribution in [0.3, 0.4) is 0 Å². The zero-order chi connectivity index (χ0) is 15.1. The number of aromatic nitrogens is 2. The molecule has 0 saturated heterocycles. The number of anilines is 1. The highest BCUT2D eigenvalue weighted by molar-refractivity contribution is 5.91. The van der Waals surface area contributed by atoms with Gasteiger partial charge in [0.05, 0.1) is 6.54 Å². The highest BCUT2D eigenvalue weighted by atomic mass is 16.2. The van der Waals surface area contributed by atoms with Crippen molar-refractivity contribution in [2.24, 2.45) is 5.73 Å². The Morgan fingerprint density at radius 1 is 1.48 bits per heavy atom. The van der Waals surface area contributed by atoms with Crippen LogP contribution in [0.15, 0.2) is 36.7 Å². The SMILES string of the molecule is CCc1cc(C#CCN)ccc1NC(=O)Cn1cccn1. The average molecular weight is 282 g/mol. The fraction of sp³-hybridized carbons (Fsp3) is 0.250. The minimum atomic E-state index is -0.103. The first-order valence-electron chi connectivity index (χ1n) is 6.82. The van der Waals surface area contributed by atoms with Crippen molar-refractivity contribution < 1.29 is 4.79 Å². The molecule has 1 aromatic heterocycles. The first-order valence-corrected chi connectivity index (χ1v) is 6.82. The molecule has 3 N–H and O–H groups in total. The molecule has 2 rings (SSSR count). The summed E-state index contributed by atoms with van der Waals surface area (Å²) in [4.78, 5) is 12.0. The van der Waals surface area contributed by atoms with Gasteiger partial charge in [-0.15, -0.1) is 0 Å². The first kappa shape index (κ1) is 14.8. The van der Waals surface area contributed by atoms with E-state index in [4.69, 9.17) is 5.73 Å². The molecule has 0 atom stereocenters. The van der Waals surface area contributed by atoms with Gasteiger partial charge in [-0.05, 0) is 36.2 Å². The van der Waals surface area contributed by atoms with Crippen LogP contribution in [-0.4, -0.2) is 22.2 Å². The molecule has 5 nitrogen and oxygen atoms in total. The molecule has 0 aliphatic carbocycles. The second-order valence-corrected chi connectivity index (χ2v) is 4.48. The molecule has 1 aromatic carbocycles. The Labute approximate surface area is 124 Å². The van der Waals surface area contributed by atoms with E-state index in [1.165, 1.54) is 0 Å². The number of rotatable bonds is 4. The molecule has 0 spiro atoms. The van der Waals surface area contributed by atoms with Gasteiger partial charge in [0.25, 0.3) is 0 Å². The molecule has 21 heavy (non-hydrogen) atoms. The predicted octanol–water partition coefficient (Wildman–Crippen LogP) is 1.39. The average Bonchev–Trinajstić information content (AvgIpc) is 2.98. The molecular weight excluding hydrogens is 264 g/mol. The number of hydrogen-bond donors (Lipinski definition) is 2. The van der Waals surface area contributed by atoms with Crippen LogP contribution >= 0.6 is 0 Å². The summed E-state index contributed by atoms with van der Waals surface area (Å²) >= 11 is 0. The largest absolute Gasteiger partial charge is 0.324 e. The molecule has 0 radical (unpaired) electrons. The quantitative estimate of drug-likeness (QED) is 0.832. The van der Waals surface area contributed by atoms with E-state index in [0.29, 0.717) is 6.54 Å². The number of hydrogen-bond acceptors (Lipinski definition) is 3. The van der Waals surface area contributed by atoms with Crippen molar-refractivity contribution in [1.82, 2.24) is 9.78 Å². The number of carbonyl (C=O) groups excluding carboxylic acids is 1. The van der Waals surface area contributed by atoms with Gasteiger partial charge < -0.3 is 11.1 Å². The van der Waals surface area contributed by atoms with Gasteiger partial charge in [-0.25, -0.2) is 0 Å². The van der Waals surface area contributed by atoms with Crippen LogP contribution in [0.25, 0.3) is 0 Å². The minimum Gasteiger partial charge on any atom is -0.324 e. The Balaban J connectivity index is 2.10. The molecule has 1 amide bonds. The molecule has 5 heteroatoms. The van der Waals surface area contributed by atoms with E-state index in [-0.39, 0.29) is 12.5 Å². The van der Waals surface area contributed by atoms with E-state index in [9.17, 15) is 4.79 Å². The van der Waals surface area contributed by atoms with E-state index in [0.717, 1.165) is 23.2 Å². The van der Waals surface area contributed by atoms with Crippen molar-refractivity contribution >= 4 is 11.6 Å². The molecule has 0 unspecified atom stereocenters. The maximum Gasteiger partial charge on any atom is 0.246 e. The highest BCUT2D eigenvalue weighted by Gasteiger charge is 2.07. The maximum atomic E-state index is 12.0. The maximum absolute atomic E-state index is 12.0. The molecule has 0 fully saturated rings. The number of nitrogens with one attached hydrogen (secondary N) is 1. The smallest absolute Gasteiger partial charge is 0.246 e. The Morgan fingerprint density at radius 2 is 2.33 bits per heavy atom. The number of benzene rings is 1. The fourth-order valence-electron chi connectivity index (χ4n) is 1.97. The van der Waals surface area contributed by atoms with Gasteiger partial charge in [0.2, 0.25) is 5.91 Å². The lowest BCUT2D eigenvalue weighted by atomic mass is 10.1. The molecule has 0 aliphatic heterocycles. The van der Waals surface area contributed by atoms with Crippen molar-refractivity contribution in [3.05, 3.63) is 47.8 Å². The summed E-state index contributed by atoms with van der Waals surface area (Å²) in [6, 6.07) is 7.52. The molecule has 0 bridgehead atoms. The van der Waals surface area contributed by atoms with E-state index in [1.54, 1.807) is 23.1 Å². The molecule has 1 heterocycles. The topological polar surface area (TPSA) is 72.9 Å². The van der Waals surface area contributed by atoms with Crippen LogP contribution in [0.4, 0.5) is 5.69 Å². The Bertz CT molecular complexity index is 665. The molecule has 2 aromatic rings. The van der Waals surface area contributed by atoms with Crippen molar-refractivity contribution in [3.8, 4) is 11.8 Å². The summed E-state index contributed by atoms with van der Waals surface area (Å²) in [6.45, 7) is 2.58. The number of carbonyl (C=O) groups is 1. The zero-order valence-electron chi connectivity index (χ0n) is 12.0. The first-order chi connectivity index (χ1) is 10.2. The van der Waals surface area contributed by atoms with Gasteiger partial charge in [-0.3, -0.25) is 9.48 Å². The third-order valence-corrected chi connectivity index (χ3v) is 2.96. The number of aryl methyl sites for hydroxylation is 1. The molecular formula is C16H18N4O. The normalized spacial score (nSPS) is 9.81. The minimum absolute atomic E-state index is 0.103. The monoisotopic (exact) mass is 282 g/mol. The van der Waals surface area contributed by atoms with Gasteiger partial charge >= 0.3 is 0 Å². The number of nitrogens with zero attached hydrogens (tertiary/aromatic N) is 2. The summed E-state index contributed by atoms with van der Waals surface area (Å²) in [5.74, 6) is 5.72. The second kappa shape index (κ2) is 7.27. The van der Waals surface area contributed by atoms with Gasteiger partial charge in [-0.1, -0.05) is 18.8 Å². The van der Waals surface area contributed by atoms with Crippen LogP contribution < -0.4 is 11.1 Å². The lowest BCUT2D eigenvalue weighted by molar-refractivity contribution is -0.116. The number of amides is 1. The van der Waals surface area contributed by atoms with E-state index in [2.05, 4.69) is 22.3 Å². The summed E-state index contributed by atoms with van der Waals surface area (Å²) < 4.78 is 1.59. The van der Waals surface area contributed by atoms with Gasteiger partial charge in [0.15, 0.2) is 0 Å². The Morgan fingerprint density at radius 3 is 3.00 bits per heavy atom. The third-order valence-electron chi connectivity index (χ3n) is 2.96. The third kappa shape index (κ3) is 4.20. The van der Waals surface area contributed by atoms with Crippen LogP contribution in [0.2, 0.25) is 0 Å². The zero-order valence-corrected chi connectivity index (χ0v) is 12.0. The van der Waals surface area contributed by atoms with Crippen molar-refractivity contribution in [2.45, 2.75) is 19.9 Å².